The van der Waals surface area contributed by atoms with E-state index in [4.69, 9.17) is 10.5 Å². The highest BCUT2D eigenvalue weighted by atomic mass is 16.5. The first kappa shape index (κ1) is 13.6. The van der Waals surface area contributed by atoms with E-state index in [1.807, 2.05) is 18.2 Å². The zero-order chi connectivity index (χ0) is 14.8. The van der Waals surface area contributed by atoms with Crippen LogP contribution in [-0.4, -0.2) is 11.0 Å². The number of nitrogen functional groups attached to an aromatic ring is 1. The van der Waals surface area contributed by atoms with E-state index in [0.717, 1.165) is 24.8 Å². The number of carbonyl (C=O) groups excluding carboxylic acids is 1. The van der Waals surface area contributed by atoms with Crippen LogP contribution in [0.2, 0.25) is 0 Å². The lowest BCUT2D eigenvalue weighted by Gasteiger charge is -2.25. The van der Waals surface area contributed by atoms with Gasteiger partial charge in [0.1, 0.15) is 6.10 Å². The molecule has 1 aromatic heterocycles. The van der Waals surface area contributed by atoms with Gasteiger partial charge in [0.2, 0.25) is 0 Å². The van der Waals surface area contributed by atoms with Crippen LogP contribution in [0.3, 0.4) is 0 Å². The average Bonchev–Trinajstić information content (AvgIpc) is 2.50. The molecule has 0 bridgehead atoms. The van der Waals surface area contributed by atoms with Crippen LogP contribution in [0.5, 0.6) is 0 Å². The number of hydrogen-bond acceptors (Lipinski definition) is 4. The second-order valence-electron chi connectivity index (χ2n) is 5.39. The molecule has 0 spiro atoms. The Kier molecular flexibility index (Phi) is 3.60. The molecule has 0 saturated carbocycles. The molecule has 1 aliphatic carbocycles. The quantitative estimate of drug-likeness (QED) is 0.859. The number of nitrogens with zero attached hydrogens (tertiary/aromatic N) is 1. The number of fused-ring (bicyclic) bond motifs is 1. The summed E-state index contributed by atoms with van der Waals surface area (Å²) < 4.78 is 5.71. The fourth-order valence-corrected chi connectivity index (χ4v) is 2.78. The molecular weight excluding hydrogens is 264 g/mol. The van der Waals surface area contributed by atoms with Crippen molar-refractivity contribution in [2.45, 2.75) is 32.3 Å². The Hall–Kier alpha value is -2.36. The monoisotopic (exact) mass is 282 g/mol. The van der Waals surface area contributed by atoms with Crippen molar-refractivity contribution in [3.8, 4) is 0 Å². The van der Waals surface area contributed by atoms with Crippen LogP contribution < -0.4 is 5.73 Å². The first-order valence-electron chi connectivity index (χ1n) is 7.16. The van der Waals surface area contributed by atoms with Crippen molar-refractivity contribution in [3.63, 3.8) is 0 Å². The molecule has 1 aliphatic rings. The maximum atomic E-state index is 12.4. The van der Waals surface area contributed by atoms with Gasteiger partial charge in [0.25, 0.3) is 0 Å². The lowest BCUT2D eigenvalue weighted by Crippen LogP contribution is -2.18. The topological polar surface area (TPSA) is 65.2 Å². The lowest BCUT2D eigenvalue weighted by atomic mass is 9.89. The van der Waals surface area contributed by atoms with Gasteiger partial charge in [-0.25, -0.2) is 4.79 Å². The van der Waals surface area contributed by atoms with Crippen LogP contribution in [0, 0.1) is 6.92 Å². The minimum absolute atomic E-state index is 0.178. The second kappa shape index (κ2) is 5.56. The molecule has 0 amide bonds. The van der Waals surface area contributed by atoms with Crippen molar-refractivity contribution in [1.29, 1.82) is 0 Å². The van der Waals surface area contributed by atoms with Gasteiger partial charge in [-0.15, -0.1) is 0 Å². The standard InChI is InChI=1S/C17H18N2O2/c1-11-15(9-13(18)10-19-11)17(20)21-16-8-4-6-12-5-2-3-7-14(12)16/h2-3,5,7,9-10,16H,4,6,8,18H2,1H3. The van der Waals surface area contributed by atoms with Crippen molar-refractivity contribution in [1.82, 2.24) is 4.98 Å². The van der Waals surface area contributed by atoms with Crippen LogP contribution >= 0.6 is 0 Å². The second-order valence-corrected chi connectivity index (χ2v) is 5.39. The van der Waals surface area contributed by atoms with Gasteiger partial charge in [0, 0.05) is 0 Å². The molecule has 21 heavy (non-hydrogen) atoms. The van der Waals surface area contributed by atoms with Gasteiger partial charge in [-0.2, -0.15) is 0 Å². The molecule has 0 fully saturated rings. The largest absolute Gasteiger partial charge is 0.454 e. The van der Waals surface area contributed by atoms with Gasteiger partial charge >= 0.3 is 5.97 Å². The molecule has 4 nitrogen and oxygen atoms in total. The average molecular weight is 282 g/mol. The number of benzene rings is 1. The van der Waals surface area contributed by atoms with Gasteiger partial charge in [-0.1, -0.05) is 24.3 Å². The van der Waals surface area contributed by atoms with Gasteiger partial charge in [-0.3, -0.25) is 4.98 Å². The van der Waals surface area contributed by atoms with E-state index in [0.29, 0.717) is 16.9 Å². The summed E-state index contributed by atoms with van der Waals surface area (Å²) in [7, 11) is 0. The maximum Gasteiger partial charge on any atom is 0.340 e. The first-order chi connectivity index (χ1) is 10.1. The number of aryl methyl sites for hydroxylation is 2. The summed E-state index contributed by atoms with van der Waals surface area (Å²) in [5, 5.41) is 0. The van der Waals surface area contributed by atoms with Crippen LogP contribution in [0.1, 0.15) is 46.1 Å². The molecule has 2 aromatic rings. The molecule has 0 radical (unpaired) electrons. The Labute approximate surface area is 124 Å². The predicted octanol–water partition coefficient (Wildman–Crippen LogP) is 3.21. The summed E-state index contributed by atoms with van der Waals surface area (Å²) in [6.07, 6.45) is 4.30. The number of pyridine rings is 1. The molecule has 0 aliphatic heterocycles. The fraction of sp³-hybridized carbons (Fsp3) is 0.294. The van der Waals surface area contributed by atoms with E-state index in [2.05, 4.69) is 11.1 Å². The molecular formula is C17H18N2O2. The smallest absolute Gasteiger partial charge is 0.340 e. The molecule has 2 N–H and O–H groups in total. The van der Waals surface area contributed by atoms with Crippen molar-refractivity contribution in [2.75, 3.05) is 5.73 Å². The third kappa shape index (κ3) is 2.75. The number of ether oxygens (including phenoxy) is 1. The number of rotatable bonds is 2. The van der Waals surface area contributed by atoms with Crippen molar-refractivity contribution in [2.24, 2.45) is 0 Å². The van der Waals surface area contributed by atoms with E-state index in [1.165, 1.54) is 5.56 Å². The molecule has 3 rings (SSSR count). The third-order valence-electron chi connectivity index (χ3n) is 3.89. The van der Waals surface area contributed by atoms with Crippen LogP contribution in [0.15, 0.2) is 36.5 Å². The van der Waals surface area contributed by atoms with E-state index in [-0.39, 0.29) is 12.1 Å². The summed E-state index contributed by atoms with van der Waals surface area (Å²) in [6, 6.07) is 9.77. The maximum absolute atomic E-state index is 12.4. The summed E-state index contributed by atoms with van der Waals surface area (Å²) in [6.45, 7) is 1.78. The number of aromatic nitrogens is 1. The van der Waals surface area contributed by atoms with E-state index in [9.17, 15) is 4.79 Å². The van der Waals surface area contributed by atoms with Gasteiger partial charge in [-0.05, 0) is 43.4 Å². The first-order valence-corrected chi connectivity index (χ1v) is 7.16. The number of nitrogens with two attached hydrogens (primary N) is 1. The number of carbonyl (C=O) groups is 1. The van der Waals surface area contributed by atoms with Crippen molar-refractivity contribution >= 4 is 11.7 Å². The Morgan fingerprint density at radius 1 is 1.38 bits per heavy atom. The molecule has 1 heterocycles. The number of anilines is 1. The molecule has 1 atom stereocenters. The predicted molar refractivity (Wildman–Crippen MR) is 80.9 cm³/mol. The van der Waals surface area contributed by atoms with Crippen molar-refractivity contribution < 1.29 is 9.53 Å². The molecule has 1 unspecified atom stereocenters. The molecule has 1 aromatic carbocycles. The van der Waals surface area contributed by atoms with Crippen LogP contribution in [0.25, 0.3) is 0 Å². The minimum atomic E-state index is -0.353. The molecule has 4 heteroatoms. The Morgan fingerprint density at radius 3 is 3.05 bits per heavy atom. The number of esters is 1. The zero-order valence-electron chi connectivity index (χ0n) is 12.0. The third-order valence-corrected chi connectivity index (χ3v) is 3.89. The molecule has 108 valence electrons. The van der Waals surface area contributed by atoms with Gasteiger partial charge in [0.05, 0.1) is 23.1 Å². The highest BCUT2D eigenvalue weighted by Gasteiger charge is 2.24. The summed E-state index contributed by atoms with van der Waals surface area (Å²) >= 11 is 0. The van der Waals surface area contributed by atoms with E-state index < -0.39 is 0 Å². The fourth-order valence-electron chi connectivity index (χ4n) is 2.78. The highest BCUT2D eigenvalue weighted by molar-refractivity contribution is 5.91. The van der Waals surface area contributed by atoms with Crippen LogP contribution in [-0.2, 0) is 11.2 Å². The van der Waals surface area contributed by atoms with E-state index >= 15 is 0 Å². The Morgan fingerprint density at radius 2 is 2.19 bits per heavy atom. The lowest BCUT2D eigenvalue weighted by molar-refractivity contribution is 0.0255. The van der Waals surface area contributed by atoms with Crippen LogP contribution in [0.4, 0.5) is 5.69 Å². The normalized spacial score (nSPS) is 17.1. The van der Waals surface area contributed by atoms with Gasteiger partial charge < -0.3 is 10.5 Å². The Balaban J connectivity index is 1.84. The van der Waals surface area contributed by atoms with Crippen molar-refractivity contribution in [3.05, 3.63) is 58.9 Å². The summed E-state index contributed by atoms with van der Waals surface area (Å²) in [5.41, 5.74) is 9.64. The van der Waals surface area contributed by atoms with Gasteiger partial charge in [0.15, 0.2) is 0 Å². The zero-order valence-corrected chi connectivity index (χ0v) is 12.0. The summed E-state index contributed by atoms with van der Waals surface area (Å²) in [5.74, 6) is -0.353. The minimum Gasteiger partial charge on any atom is -0.454 e. The highest BCUT2D eigenvalue weighted by Crippen LogP contribution is 2.33. The number of hydrogen-bond donors (Lipinski definition) is 1. The molecule has 0 saturated heterocycles. The SMILES string of the molecule is Cc1ncc(N)cc1C(=O)OC1CCCc2ccccc21. The Bertz CT molecular complexity index is 682. The summed E-state index contributed by atoms with van der Waals surface area (Å²) in [4.78, 5) is 16.5. The van der Waals surface area contributed by atoms with E-state index in [1.54, 1.807) is 19.2 Å².